The number of ketones is 1. The highest BCUT2D eigenvalue weighted by atomic mass is 16.3. The van der Waals surface area contributed by atoms with E-state index in [1.54, 1.807) is 6.92 Å². The Kier molecular flexibility index (Phi) is 2.44. The quantitative estimate of drug-likeness (QED) is 0.621. The van der Waals surface area contributed by atoms with Gasteiger partial charge in [-0.3, -0.25) is 4.79 Å². The lowest BCUT2D eigenvalue weighted by Crippen LogP contribution is -1.90. The molecule has 0 atom stereocenters. The molecule has 0 fully saturated rings. The van der Waals surface area contributed by atoms with Crippen molar-refractivity contribution in [3.63, 3.8) is 0 Å². The number of fused-ring (bicyclic) bond motifs is 3. The molecule has 0 unspecified atom stereocenters. The molecule has 0 bridgehead atoms. The van der Waals surface area contributed by atoms with Gasteiger partial charge in [0.25, 0.3) is 0 Å². The standard InChI is InChI=1S/C16H14O2/c1-3-11-4-6-15-13(8-11)14-9-12(10(2)17)5-7-16(14)18-15/h4-9H,3H2,1-2H3. The first-order valence-corrected chi connectivity index (χ1v) is 6.15. The molecule has 90 valence electrons. The maximum Gasteiger partial charge on any atom is 0.159 e. The van der Waals surface area contributed by atoms with E-state index in [9.17, 15) is 4.79 Å². The van der Waals surface area contributed by atoms with E-state index in [-0.39, 0.29) is 5.78 Å². The van der Waals surface area contributed by atoms with Gasteiger partial charge in [0.15, 0.2) is 5.78 Å². The van der Waals surface area contributed by atoms with Crippen LogP contribution in [0.15, 0.2) is 40.8 Å². The fourth-order valence-corrected chi connectivity index (χ4v) is 2.26. The van der Waals surface area contributed by atoms with E-state index in [1.807, 2.05) is 24.3 Å². The normalized spacial score (nSPS) is 11.2. The van der Waals surface area contributed by atoms with E-state index < -0.39 is 0 Å². The molecule has 2 aromatic carbocycles. The first-order chi connectivity index (χ1) is 8.69. The Hall–Kier alpha value is -2.09. The van der Waals surface area contributed by atoms with Gasteiger partial charge in [-0.2, -0.15) is 0 Å². The number of aryl methyl sites for hydroxylation is 1. The number of rotatable bonds is 2. The van der Waals surface area contributed by atoms with Crippen LogP contribution in [0.25, 0.3) is 21.9 Å². The van der Waals surface area contributed by atoms with Gasteiger partial charge in [-0.15, -0.1) is 0 Å². The molecule has 2 nitrogen and oxygen atoms in total. The third kappa shape index (κ3) is 1.61. The summed E-state index contributed by atoms with van der Waals surface area (Å²) in [6.45, 7) is 3.71. The summed E-state index contributed by atoms with van der Waals surface area (Å²) in [5.41, 5.74) is 3.72. The average Bonchev–Trinajstić information content (AvgIpc) is 2.75. The summed E-state index contributed by atoms with van der Waals surface area (Å²) < 4.78 is 5.78. The number of furan rings is 1. The molecular weight excluding hydrogens is 224 g/mol. The number of hydrogen-bond acceptors (Lipinski definition) is 2. The largest absolute Gasteiger partial charge is 0.456 e. The van der Waals surface area contributed by atoms with Crippen LogP contribution in [0.5, 0.6) is 0 Å². The lowest BCUT2D eigenvalue weighted by molar-refractivity contribution is 0.101. The molecule has 1 aromatic heterocycles. The van der Waals surface area contributed by atoms with Crippen molar-refractivity contribution in [3.8, 4) is 0 Å². The van der Waals surface area contributed by atoms with Gasteiger partial charge >= 0.3 is 0 Å². The first-order valence-electron chi connectivity index (χ1n) is 6.15. The van der Waals surface area contributed by atoms with Crippen LogP contribution in [0.3, 0.4) is 0 Å². The van der Waals surface area contributed by atoms with Crippen molar-refractivity contribution in [2.75, 3.05) is 0 Å². The van der Waals surface area contributed by atoms with Crippen molar-refractivity contribution >= 4 is 27.7 Å². The highest BCUT2D eigenvalue weighted by Crippen LogP contribution is 2.30. The van der Waals surface area contributed by atoms with Crippen LogP contribution in [-0.2, 0) is 6.42 Å². The predicted octanol–water partition coefficient (Wildman–Crippen LogP) is 4.35. The summed E-state index contributed by atoms with van der Waals surface area (Å²) in [6, 6.07) is 11.8. The van der Waals surface area contributed by atoms with Crippen LogP contribution >= 0.6 is 0 Å². The molecule has 18 heavy (non-hydrogen) atoms. The fourth-order valence-electron chi connectivity index (χ4n) is 2.26. The number of carbonyl (C=O) groups excluding carboxylic acids is 1. The molecule has 0 N–H and O–H groups in total. The van der Waals surface area contributed by atoms with Crippen LogP contribution in [0.1, 0.15) is 29.8 Å². The Morgan fingerprint density at radius 2 is 1.72 bits per heavy atom. The molecule has 2 heteroatoms. The van der Waals surface area contributed by atoms with Crippen LogP contribution < -0.4 is 0 Å². The Morgan fingerprint density at radius 3 is 2.39 bits per heavy atom. The summed E-state index contributed by atoms with van der Waals surface area (Å²) in [4.78, 5) is 11.4. The minimum absolute atomic E-state index is 0.0814. The van der Waals surface area contributed by atoms with E-state index >= 15 is 0 Å². The Balaban J connectivity index is 2.37. The molecular formula is C16H14O2. The molecule has 0 saturated carbocycles. The van der Waals surface area contributed by atoms with Crippen molar-refractivity contribution in [3.05, 3.63) is 47.5 Å². The van der Waals surface area contributed by atoms with Crippen molar-refractivity contribution in [2.45, 2.75) is 20.3 Å². The molecule has 3 rings (SSSR count). The van der Waals surface area contributed by atoms with E-state index in [4.69, 9.17) is 4.42 Å². The second-order valence-electron chi connectivity index (χ2n) is 4.55. The van der Waals surface area contributed by atoms with Gasteiger partial charge in [0.05, 0.1) is 0 Å². The molecule has 1 heterocycles. The van der Waals surface area contributed by atoms with E-state index in [0.717, 1.165) is 33.9 Å². The van der Waals surface area contributed by atoms with Crippen molar-refractivity contribution in [1.82, 2.24) is 0 Å². The summed E-state index contributed by atoms with van der Waals surface area (Å²) in [6.07, 6.45) is 0.995. The number of carbonyl (C=O) groups is 1. The highest BCUT2D eigenvalue weighted by molar-refractivity contribution is 6.08. The monoisotopic (exact) mass is 238 g/mol. The van der Waals surface area contributed by atoms with Crippen LogP contribution in [0, 0.1) is 0 Å². The third-order valence-electron chi connectivity index (χ3n) is 3.35. The topological polar surface area (TPSA) is 30.2 Å². The van der Waals surface area contributed by atoms with Gasteiger partial charge < -0.3 is 4.42 Å². The van der Waals surface area contributed by atoms with Gasteiger partial charge in [0.1, 0.15) is 11.2 Å². The maximum absolute atomic E-state index is 11.4. The molecule has 0 radical (unpaired) electrons. The Bertz CT molecular complexity index is 750. The molecule has 0 spiro atoms. The zero-order chi connectivity index (χ0) is 12.7. The number of hydrogen-bond donors (Lipinski definition) is 0. The van der Waals surface area contributed by atoms with Gasteiger partial charge in [-0.25, -0.2) is 0 Å². The van der Waals surface area contributed by atoms with Crippen molar-refractivity contribution < 1.29 is 9.21 Å². The fraction of sp³-hybridized carbons (Fsp3) is 0.188. The van der Waals surface area contributed by atoms with Gasteiger partial charge in [0, 0.05) is 16.3 Å². The van der Waals surface area contributed by atoms with Crippen LogP contribution in [0.2, 0.25) is 0 Å². The second-order valence-corrected chi connectivity index (χ2v) is 4.55. The van der Waals surface area contributed by atoms with Crippen molar-refractivity contribution in [1.29, 1.82) is 0 Å². The Labute approximate surface area is 105 Å². The maximum atomic E-state index is 11.4. The Morgan fingerprint density at radius 1 is 1.06 bits per heavy atom. The van der Waals surface area contributed by atoms with Crippen molar-refractivity contribution in [2.24, 2.45) is 0 Å². The minimum atomic E-state index is 0.0814. The van der Waals surface area contributed by atoms with Crippen LogP contribution in [0.4, 0.5) is 0 Å². The van der Waals surface area contributed by atoms with E-state index in [2.05, 4.69) is 19.1 Å². The predicted molar refractivity (Wildman–Crippen MR) is 73.1 cm³/mol. The third-order valence-corrected chi connectivity index (χ3v) is 3.35. The zero-order valence-electron chi connectivity index (χ0n) is 10.5. The molecule has 0 aliphatic carbocycles. The number of Topliss-reactive ketones (excluding diaryl/α,β-unsaturated/α-hetero) is 1. The van der Waals surface area contributed by atoms with E-state index in [1.165, 1.54) is 5.56 Å². The smallest absolute Gasteiger partial charge is 0.159 e. The molecule has 0 amide bonds. The van der Waals surface area contributed by atoms with Crippen LogP contribution in [-0.4, -0.2) is 5.78 Å². The SMILES string of the molecule is CCc1ccc2oc3ccc(C(C)=O)cc3c2c1. The van der Waals surface area contributed by atoms with Gasteiger partial charge in [-0.1, -0.05) is 13.0 Å². The van der Waals surface area contributed by atoms with Gasteiger partial charge in [-0.05, 0) is 49.2 Å². The van der Waals surface area contributed by atoms with Gasteiger partial charge in [0.2, 0.25) is 0 Å². The highest BCUT2D eigenvalue weighted by Gasteiger charge is 2.09. The second kappa shape index (κ2) is 3.98. The molecule has 0 aliphatic rings. The van der Waals surface area contributed by atoms with E-state index in [0.29, 0.717) is 0 Å². The molecule has 3 aromatic rings. The lowest BCUT2D eigenvalue weighted by atomic mass is 10.0. The lowest BCUT2D eigenvalue weighted by Gasteiger charge is -1.97. The minimum Gasteiger partial charge on any atom is -0.456 e. The summed E-state index contributed by atoms with van der Waals surface area (Å²) in [5, 5.41) is 2.11. The average molecular weight is 238 g/mol. The molecule has 0 aliphatic heterocycles. The first kappa shape index (κ1) is 11.0. The molecule has 0 saturated heterocycles. The zero-order valence-corrected chi connectivity index (χ0v) is 10.5. The summed E-state index contributed by atoms with van der Waals surface area (Å²) in [7, 11) is 0. The number of benzene rings is 2. The summed E-state index contributed by atoms with van der Waals surface area (Å²) >= 11 is 0. The summed E-state index contributed by atoms with van der Waals surface area (Å²) in [5.74, 6) is 0.0814.